The molecule has 0 aliphatic rings. The number of rotatable bonds is 6. The van der Waals surface area contributed by atoms with Crippen molar-refractivity contribution in [2.24, 2.45) is 0 Å². The van der Waals surface area contributed by atoms with Crippen LogP contribution in [0.25, 0.3) is 0 Å². The van der Waals surface area contributed by atoms with Gasteiger partial charge in [-0.15, -0.1) is 6.58 Å². The lowest BCUT2D eigenvalue weighted by Crippen LogP contribution is -2.43. The molecule has 0 aliphatic heterocycles. The number of benzene rings is 1. The van der Waals surface area contributed by atoms with Crippen molar-refractivity contribution in [1.82, 2.24) is 5.32 Å². The van der Waals surface area contributed by atoms with Gasteiger partial charge in [0.2, 0.25) is 0 Å². The molecule has 0 aromatic heterocycles. The van der Waals surface area contributed by atoms with Gasteiger partial charge in [-0.05, 0) is 31.0 Å². The first-order chi connectivity index (χ1) is 10.5. The Balaban J connectivity index is 2.83. The van der Waals surface area contributed by atoms with E-state index in [0.717, 1.165) is 24.3 Å². The number of aliphatic hydroxyl groups is 1. The van der Waals surface area contributed by atoms with Gasteiger partial charge in [0.1, 0.15) is 6.04 Å². The highest BCUT2D eigenvalue weighted by Gasteiger charge is 2.31. The summed E-state index contributed by atoms with van der Waals surface area (Å²) in [6.07, 6.45) is -6.33. The predicted octanol–water partition coefficient (Wildman–Crippen LogP) is 2.27. The van der Waals surface area contributed by atoms with E-state index in [9.17, 15) is 27.9 Å². The summed E-state index contributed by atoms with van der Waals surface area (Å²) in [5, 5.41) is 20.9. The van der Waals surface area contributed by atoms with E-state index in [1.807, 2.05) is 0 Å². The third-order valence-electron chi connectivity index (χ3n) is 2.97. The first kappa shape index (κ1) is 18.7. The van der Waals surface area contributed by atoms with Crippen molar-refractivity contribution in [2.75, 3.05) is 0 Å². The minimum absolute atomic E-state index is 0.0270. The number of nitrogens with one attached hydrogen (secondary N) is 1. The van der Waals surface area contributed by atoms with Gasteiger partial charge in [0.15, 0.2) is 6.10 Å². The van der Waals surface area contributed by atoms with Crippen LogP contribution in [0.2, 0.25) is 0 Å². The summed E-state index contributed by atoms with van der Waals surface area (Å²) >= 11 is 0. The van der Waals surface area contributed by atoms with Crippen molar-refractivity contribution in [3.05, 3.63) is 47.5 Å². The molecule has 0 heterocycles. The highest BCUT2D eigenvalue weighted by atomic mass is 19.4. The van der Waals surface area contributed by atoms with Crippen molar-refractivity contribution in [3.63, 3.8) is 0 Å². The van der Waals surface area contributed by atoms with Gasteiger partial charge in [-0.3, -0.25) is 4.79 Å². The van der Waals surface area contributed by atoms with E-state index in [-0.39, 0.29) is 12.0 Å². The number of carboxylic acid groups (broad SMARTS) is 1. The first-order valence-electron chi connectivity index (χ1n) is 6.55. The number of carbonyl (C=O) groups is 2. The van der Waals surface area contributed by atoms with Crippen LogP contribution in [0.1, 0.15) is 30.6 Å². The molecule has 8 heteroatoms. The molecule has 0 saturated carbocycles. The van der Waals surface area contributed by atoms with E-state index in [4.69, 9.17) is 5.11 Å². The van der Waals surface area contributed by atoms with Gasteiger partial charge < -0.3 is 15.5 Å². The highest BCUT2D eigenvalue weighted by Crippen LogP contribution is 2.29. The second-order valence-corrected chi connectivity index (χ2v) is 5.08. The van der Waals surface area contributed by atoms with Gasteiger partial charge in [-0.2, -0.15) is 13.2 Å². The quantitative estimate of drug-likeness (QED) is 0.698. The van der Waals surface area contributed by atoms with Gasteiger partial charge in [0.05, 0.1) is 5.56 Å². The zero-order valence-electron chi connectivity index (χ0n) is 12.2. The summed E-state index contributed by atoms with van der Waals surface area (Å²) in [6, 6.07) is 2.11. The Kier molecular flexibility index (Phi) is 5.91. The van der Waals surface area contributed by atoms with Crippen LogP contribution in [0, 0.1) is 0 Å². The normalized spacial score (nSPS) is 14.0. The SMILES string of the molecule is C=C(C)C[C@@H](NC(=O)[C@@H](O)c1ccc(C(F)(F)F)cc1)C(=O)O. The van der Waals surface area contributed by atoms with Crippen molar-refractivity contribution < 1.29 is 33.0 Å². The number of aliphatic carboxylic acids is 1. The van der Waals surface area contributed by atoms with E-state index >= 15 is 0 Å². The van der Waals surface area contributed by atoms with E-state index in [1.54, 1.807) is 6.92 Å². The smallest absolute Gasteiger partial charge is 0.416 e. The van der Waals surface area contributed by atoms with Gasteiger partial charge in [-0.1, -0.05) is 17.7 Å². The van der Waals surface area contributed by atoms with Crippen molar-refractivity contribution in [1.29, 1.82) is 0 Å². The van der Waals surface area contributed by atoms with Crippen LogP contribution < -0.4 is 5.32 Å². The zero-order chi connectivity index (χ0) is 17.8. The van der Waals surface area contributed by atoms with E-state index in [0.29, 0.717) is 5.57 Å². The molecule has 0 fully saturated rings. The topological polar surface area (TPSA) is 86.6 Å². The molecule has 0 unspecified atom stereocenters. The molecule has 0 saturated heterocycles. The van der Waals surface area contributed by atoms with Gasteiger partial charge in [0, 0.05) is 0 Å². The molecule has 1 aromatic carbocycles. The molecule has 2 atom stereocenters. The first-order valence-corrected chi connectivity index (χ1v) is 6.55. The van der Waals surface area contributed by atoms with Crippen molar-refractivity contribution >= 4 is 11.9 Å². The second kappa shape index (κ2) is 7.28. The van der Waals surface area contributed by atoms with Crippen LogP contribution in [-0.2, 0) is 15.8 Å². The number of amides is 1. The summed E-state index contributed by atoms with van der Waals surface area (Å²) < 4.78 is 37.3. The summed E-state index contributed by atoms with van der Waals surface area (Å²) in [4.78, 5) is 22.9. The number of hydrogen-bond donors (Lipinski definition) is 3. The predicted molar refractivity (Wildman–Crippen MR) is 75.4 cm³/mol. The Hall–Kier alpha value is -2.35. The summed E-state index contributed by atoms with van der Waals surface area (Å²) in [5.41, 5.74) is -0.476. The lowest BCUT2D eigenvalue weighted by atomic mass is 10.0. The van der Waals surface area contributed by atoms with Crippen LogP contribution in [0.15, 0.2) is 36.4 Å². The fourth-order valence-corrected chi connectivity index (χ4v) is 1.80. The Labute approximate surface area is 130 Å². The highest BCUT2D eigenvalue weighted by molar-refractivity contribution is 5.87. The minimum Gasteiger partial charge on any atom is -0.480 e. The maximum absolute atomic E-state index is 12.4. The molecular weight excluding hydrogens is 315 g/mol. The van der Waals surface area contributed by atoms with E-state index in [2.05, 4.69) is 11.9 Å². The number of carboxylic acids is 1. The van der Waals surface area contributed by atoms with Crippen LogP contribution >= 0.6 is 0 Å². The third kappa shape index (κ3) is 5.41. The summed E-state index contributed by atoms with van der Waals surface area (Å²) in [5.74, 6) is -2.32. The number of aliphatic hydroxyl groups excluding tert-OH is 1. The third-order valence-corrected chi connectivity index (χ3v) is 2.97. The molecule has 23 heavy (non-hydrogen) atoms. The molecule has 5 nitrogen and oxygen atoms in total. The maximum Gasteiger partial charge on any atom is 0.416 e. The number of carbonyl (C=O) groups excluding carboxylic acids is 1. The van der Waals surface area contributed by atoms with Gasteiger partial charge >= 0.3 is 12.1 Å². The number of hydrogen-bond acceptors (Lipinski definition) is 3. The average Bonchev–Trinajstić information content (AvgIpc) is 2.44. The molecule has 1 rings (SSSR count). The number of alkyl halides is 3. The Morgan fingerprint density at radius 1 is 1.26 bits per heavy atom. The van der Waals surface area contributed by atoms with Crippen LogP contribution in [-0.4, -0.2) is 28.1 Å². The molecule has 1 aromatic rings. The van der Waals surface area contributed by atoms with Crippen LogP contribution in [0.4, 0.5) is 13.2 Å². The molecule has 0 bridgehead atoms. The van der Waals surface area contributed by atoms with E-state index in [1.165, 1.54) is 0 Å². The monoisotopic (exact) mass is 331 g/mol. The molecule has 1 amide bonds. The minimum atomic E-state index is -4.53. The molecule has 0 spiro atoms. The zero-order valence-corrected chi connectivity index (χ0v) is 12.2. The largest absolute Gasteiger partial charge is 0.480 e. The molecule has 0 radical (unpaired) electrons. The Bertz CT molecular complexity index is 596. The van der Waals surface area contributed by atoms with Gasteiger partial charge in [-0.25, -0.2) is 4.79 Å². The molecule has 3 N–H and O–H groups in total. The fourth-order valence-electron chi connectivity index (χ4n) is 1.80. The molecule has 0 aliphatic carbocycles. The summed E-state index contributed by atoms with van der Waals surface area (Å²) in [6.45, 7) is 5.11. The Morgan fingerprint density at radius 2 is 1.78 bits per heavy atom. The lowest BCUT2D eigenvalue weighted by Gasteiger charge is -2.18. The van der Waals surface area contributed by atoms with E-state index < -0.39 is 35.8 Å². The molecular formula is C15H16F3NO4. The van der Waals surface area contributed by atoms with Crippen LogP contribution in [0.5, 0.6) is 0 Å². The number of halogens is 3. The van der Waals surface area contributed by atoms with Gasteiger partial charge in [0.25, 0.3) is 5.91 Å². The fraction of sp³-hybridized carbons (Fsp3) is 0.333. The lowest BCUT2D eigenvalue weighted by molar-refractivity contribution is -0.143. The van der Waals surface area contributed by atoms with Crippen LogP contribution in [0.3, 0.4) is 0 Å². The summed E-state index contributed by atoms with van der Waals surface area (Å²) in [7, 11) is 0. The van der Waals surface area contributed by atoms with Crippen molar-refractivity contribution in [3.8, 4) is 0 Å². The standard InChI is InChI=1S/C15H16F3NO4/c1-8(2)7-11(14(22)23)19-13(21)12(20)9-3-5-10(6-4-9)15(16,17)18/h3-6,11-12,20H,1,7H2,2H3,(H,19,21)(H,22,23)/t11-,12+/m1/s1. The molecule has 126 valence electrons. The maximum atomic E-state index is 12.4. The van der Waals surface area contributed by atoms with Crippen molar-refractivity contribution in [2.45, 2.75) is 31.7 Å². The average molecular weight is 331 g/mol. The second-order valence-electron chi connectivity index (χ2n) is 5.08. The Morgan fingerprint density at radius 3 is 2.17 bits per heavy atom.